The summed E-state index contributed by atoms with van der Waals surface area (Å²) >= 11 is 0. The predicted octanol–water partition coefficient (Wildman–Crippen LogP) is 3.16. The number of ether oxygens (including phenoxy) is 2. The Morgan fingerprint density at radius 2 is 1.93 bits per heavy atom. The highest BCUT2D eigenvalue weighted by molar-refractivity contribution is 6.13. The average molecular weight is 399 g/mol. The number of aromatic nitrogens is 2. The molecule has 0 spiro atoms. The maximum absolute atomic E-state index is 14.3. The molecule has 154 valence electrons. The molecule has 2 unspecified atom stereocenters. The Balaban J connectivity index is 1.65. The molecule has 2 atom stereocenters. The molecule has 3 N–H and O–H groups in total. The molecule has 1 aromatic carbocycles. The van der Waals surface area contributed by atoms with Crippen LogP contribution in [-0.4, -0.2) is 46.6 Å². The number of anilines is 2. The summed E-state index contributed by atoms with van der Waals surface area (Å²) in [7, 11) is 0. The van der Waals surface area contributed by atoms with E-state index in [4.69, 9.17) is 20.6 Å². The first kappa shape index (κ1) is 19.6. The van der Waals surface area contributed by atoms with Crippen LogP contribution in [0.2, 0.25) is 0 Å². The van der Waals surface area contributed by atoms with Crippen molar-refractivity contribution >= 4 is 17.2 Å². The van der Waals surface area contributed by atoms with Crippen molar-refractivity contribution in [3.8, 4) is 5.75 Å². The zero-order valence-corrected chi connectivity index (χ0v) is 16.9. The second-order valence-corrected chi connectivity index (χ2v) is 8.20. The number of nitrogens with one attached hydrogen (secondary N) is 1. The zero-order valence-electron chi connectivity index (χ0n) is 16.9. The van der Waals surface area contributed by atoms with Gasteiger partial charge in [0.1, 0.15) is 17.7 Å². The smallest absolute Gasteiger partial charge is 0.167 e. The van der Waals surface area contributed by atoms with Crippen LogP contribution in [0, 0.1) is 11.2 Å². The first-order chi connectivity index (χ1) is 13.8. The molecule has 1 aliphatic heterocycles. The van der Waals surface area contributed by atoms with Crippen LogP contribution in [-0.2, 0) is 4.74 Å². The molecule has 2 fully saturated rings. The van der Waals surface area contributed by atoms with E-state index in [1.165, 1.54) is 18.5 Å². The van der Waals surface area contributed by atoms with Gasteiger partial charge in [-0.25, -0.2) is 14.4 Å². The standard InChI is InChI=1S/C21H26FN5O2/c1-12-9-28-10-13(2)27(12)19-8-17(25-11-26-19)20(24)14-6-18(15(22)7-16(14)23)29-21(3)4-5-21/h6-8,11-13,24H,4-5,9-10,23H2,1-3H3. The summed E-state index contributed by atoms with van der Waals surface area (Å²) in [5, 5.41) is 8.65. The van der Waals surface area contributed by atoms with Crippen molar-refractivity contribution in [2.24, 2.45) is 0 Å². The summed E-state index contributed by atoms with van der Waals surface area (Å²) in [6.07, 6.45) is 3.21. The average Bonchev–Trinajstić information content (AvgIpc) is 3.40. The number of hydrogen-bond donors (Lipinski definition) is 2. The van der Waals surface area contributed by atoms with Crippen molar-refractivity contribution in [3.05, 3.63) is 41.6 Å². The molecule has 1 aliphatic carbocycles. The molecule has 1 saturated carbocycles. The van der Waals surface area contributed by atoms with Gasteiger partial charge in [-0.3, -0.25) is 5.41 Å². The molecule has 4 rings (SSSR count). The normalized spacial score (nSPS) is 23.0. The van der Waals surface area contributed by atoms with Crippen molar-refractivity contribution in [2.45, 2.75) is 51.3 Å². The quantitative estimate of drug-likeness (QED) is 0.592. The minimum absolute atomic E-state index is 0.102. The van der Waals surface area contributed by atoms with Gasteiger partial charge >= 0.3 is 0 Å². The van der Waals surface area contributed by atoms with Crippen LogP contribution in [0.5, 0.6) is 5.75 Å². The van der Waals surface area contributed by atoms with Gasteiger partial charge in [0, 0.05) is 23.4 Å². The van der Waals surface area contributed by atoms with Crippen LogP contribution in [0.15, 0.2) is 24.5 Å². The van der Waals surface area contributed by atoms with E-state index in [9.17, 15) is 4.39 Å². The van der Waals surface area contributed by atoms with Crippen LogP contribution >= 0.6 is 0 Å². The number of nitrogen functional groups attached to an aromatic ring is 1. The number of halogens is 1. The number of nitrogens with zero attached hydrogens (tertiary/aromatic N) is 3. The Morgan fingerprint density at radius 3 is 2.59 bits per heavy atom. The van der Waals surface area contributed by atoms with Crippen molar-refractivity contribution in [2.75, 3.05) is 23.8 Å². The van der Waals surface area contributed by atoms with Crippen LogP contribution in [0.4, 0.5) is 15.9 Å². The highest BCUT2D eigenvalue weighted by Gasteiger charge is 2.40. The zero-order chi connectivity index (χ0) is 20.8. The second kappa shape index (κ2) is 7.26. The molecule has 7 nitrogen and oxygen atoms in total. The fraction of sp³-hybridized carbons (Fsp3) is 0.476. The molecule has 0 bridgehead atoms. The van der Waals surface area contributed by atoms with E-state index in [1.807, 2.05) is 6.92 Å². The van der Waals surface area contributed by atoms with E-state index in [-0.39, 0.29) is 34.8 Å². The van der Waals surface area contributed by atoms with Crippen LogP contribution < -0.4 is 15.4 Å². The lowest BCUT2D eigenvalue weighted by Gasteiger charge is -2.39. The molecule has 0 amide bonds. The molecule has 8 heteroatoms. The predicted molar refractivity (Wildman–Crippen MR) is 109 cm³/mol. The van der Waals surface area contributed by atoms with Crippen molar-refractivity contribution < 1.29 is 13.9 Å². The van der Waals surface area contributed by atoms with E-state index in [2.05, 4.69) is 28.7 Å². The van der Waals surface area contributed by atoms with E-state index < -0.39 is 5.82 Å². The molecular formula is C21H26FN5O2. The van der Waals surface area contributed by atoms with Gasteiger partial charge in [-0.15, -0.1) is 0 Å². The summed E-state index contributed by atoms with van der Waals surface area (Å²) in [6, 6.07) is 4.79. The Hall–Kier alpha value is -2.74. The Kier molecular flexibility index (Phi) is 4.90. The van der Waals surface area contributed by atoms with Crippen LogP contribution in [0.25, 0.3) is 0 Å². The van der Waals surface area contributed by atoms with Gasteiger partial charge < -0.3 is 20.1 Å². The topological polar surface area (TPSA) is 97.3 Å². The number of hydrogen-bond acceptors (Lipinski definition) is 7. The van der Waals surface area contributed by atoms with E-state index in [0.717, 1.165) is 18.7 Å². The van der Waals surface area contributed by atoms with Gasteiger partial charge in [0.25, 0.3) is 0 Å². The maximum atomic E-state index is 14.3. The van der Waals surface area contributed by atoms with Crippen molar-refractivity contribution in [1.29, 1.82) is 5.41 Å². The molecule has 2 aromatic rings. The minimum Gasteiger partial charge on any atom is -0.484 e. The van der Waals surface area contributed by atoms with E-state index >= 15 is 0 Å². The lowest BCUT2D eigenvalue weighted by Crippen LogP contribution is -2.50. The first-order valence-corrected chi connectivity index (χ1v) is 9.83. The summed E-state index contributed by atoms with van der Waals surface area (Å²) in [6.45, 7) is 7.32. The Morgan fingerprint density at radius 1 is 1.24 bits per heavy atom. The third-order valence-corrected chi connectivity index (χ3v) is 5.53. The lowest BCUT2D eigenvalue weighted by atomic mass is 10.0. The van der Waals surface area contributed by atoms with E-state index in [0.29, 0.717) is 24.5 Å². The minimum atomic E-state index is -0.522. The summed E-state index contributed by atoms with van der Waals surface area (Å²) in [4.78, 5) is 10.8. The largest absolute Gasteiger partial charge is 0.484 e. The molecule has 1 aromatic heterocycles. The fourth-order valence-corrected chi connectivity index (χ4v) is 3.63. The van der Waals surface area contributed by atoms with Gasteiger partial charge in [-0.1, -0.05) is 0 Å². The number of morpholine rings is 1. The SMILES string of the molecule is CC1COCC(C)N1c1cc(C(=N)c2cc(OC3(C)CC3)c(F)cc2N)ncn1. The van der Waals surface area contributed by atoms with Gasteiger partial charge in [0.2, 0.25) is 0 Å². The second-order valence-electron chi connectivity index (χ2n) is 8.20. The molecule has 29 heavy (non-hydrogen) atoms. The molecular weight excluding hydrogens is 373 g/mol. The summed E-state index contributed by atoms with van der Waals surface area (Å²) in [5.74, 6) is 0.320. The first-order valence-electron chi connectivity index (χ1n) is 9.83. The van der Waals surface area contributed by atoms with Gasteiger partial charge in [0.05, 0.1) is 36.7 Å². The monoisotopic (exact) mass is 399 g/mol. The Bertz CT molecular complexity index is 937. The van der Waals surface area contributed by atoms with Crippen molar-refractivity contribution in [1.82, 2.24) is 9.97 Å². The van der Waals surface area contributed by atoms with Crippen LogP contribution in [0.1, 0.15) is 44.9 Å². The molecule has 1 saturated heterocycles. The molecule has 0 radical (unpaired) electrons. The third kappa shape index (κ3) is 3.89. The highest BCUT2D eigenvalue weighted by Crippen LogP contribution is 2.41. The number of rotatable bonds is 5. The summed E-state index contributed by atoms with van der Waals surface area (Å²) in [5.41, 5.74) is 6.78. The highest BCUT2D eigenvalue weighted by atomic mass is 19.1. The maximum Gasteiger partial charge on any atom is 0.167 e. The summed E-state index contributed by atoms with van der Waals surface area (Å²) < 4.78 is 25.7. The van der Waals surface area contributed by atoms with Gasteiger partial charge in [0.15, 0.2) is 11.6 Å². The van der Waals surface area contributed by atoms with E-state index in [1.54, 1.807) is 6.07 Å². The number of nitrogens with two attached hydrogens (primary N) is 1. The Labute approximate surface area is 169 Å². The van der Waals surface area contributed by atoms with Crippen molar-refractivity contribution in [3.63, 3.8) is 0 Å². The van der Waals surface area contributed by atoms with Crippen LogP contribution in [0.3, 0.4) is 0 Å². The lowest BCUT2D eigenvalue weighted by molar-refractivity contribution is 0.0752. The third-order valence-electron chi connectivity index (χ3n) is 5.53. The number of benzene rings is 1. The molecule has 2 aliphatic rings. The van der Waals surface area contributed by atoms with Gasteiger partial charge in [-0.2, -0.15) is 0 Å². The van der Waals surface area contributed by atoms with Gasteiger partial charge in [-0.05, 0) is 39.7 Å². The molecule has 2 heterocycles. The fourth-order valence-electron chi connectivity index (χ4n) is 3.63.